The zero-order valence-electron chi connectivity index (χ0n) is 12.9. The predicted octanol–water partition coefficient (Wildman–Crippen LogP) is 3.72. The van der Waals surface area contributed by atoms with Crippen LogP contribution in [-0.2, 0) is 12.8 Å². The van der Waals surface area contributed by atoms with Crippen LogP contribution in [0.25, 0.3) is 6.08 Å². The van der Waals surface area contributed by atoms with Crippen LogP contribution in [0, 0.1) is 0 Å². The first-order valence-electron chi connectivity index (χ1n) is 7.43. The molecule has 2 rings (SSSR count). The van der Waals surface area contributed by atoms with E-state index in [2.05, 4.69) is 59.7 Å². The van der Waals surface area contributed by atoms with Gasteiger partial charge >= 0.3 is 0 Å². The van der Waals surface area contributed by atoms with Gasteiger partial charge in [-0.05, 0) is 60.8 Å². The SMILES string of the molecule is C=Cc1cc(Cc2ccccc2CCNC)ccc1NC. The van der Waals surface area contributed by atoms with Crippen molar-refractivity contribution in [2.45, 2.75) is 12.8 Å². The fourth-order valence-corrected chi connectivity index (χ4v) is 2.57. The molecular weight excluding hydrogens is 256 g/mol. The van der Waals surface area contributed by atoms with Gasteiger partial charge in [-0.3, -0.25) is 0 Å². The molecule has 0 fully saturated rings. The number of nitrogens with one attached hydrogen (secondary N) is 2. The first-order chi connectivity index (χ1) is 10.3. The summed E-state index contributed by atoms with van der Waals surface area (Å²) in [4.78, 5) is 0. The Morgan fingerprint density at radius 2 is 1.81 bits per heavy atom. The molecule has 0 bridgehead atoms. The van der Waals surface area contributed by atoms with E-state index in [4.69, 9.17) is 0 Å². The van der Waals surface area contributed by atoms with Crippen LogP contribution < -0.4 is 10.6 Å². The fraction of sp³-hybridized carbons (Fsp3) is 0.263. The van der Waals surface area contributed by atoms with E-state index in [-0.39, 0.29) is 0 Å². The molecule has 0 heterocycles. The van der Waals surface area contributed by atoms with Crippen LogP contribution in [0.1, 0.15) is 22.3 Å². The highest BCUT2D eigenvalue weighted by atomic mass is 14.8. The first-order valence-corrected chi connectivity index (χ1v) is 7.43. The van der Waals surface area contributed by atoms with Crippen molar-refractivity contribution in [3.63, 3.8) is 0 Å². The van der Waals surface area contributed by atoms with Gasteiger partial charge in [0.2, 0.25) is 0 Å². The average molecular weight is 280 g/mol. The van der Waals surface area contributed by atoms with E-state index in [1.165, 1.54) is 16.7 Å². The summed E-state index contributed by atoms with van der Waals surface area (Å²) in [6.45, 7) is 4.91. The molecule has 0 saturated carbocycles. The van der Waals surface area contributed by atoms with E-state index in [0.29, 0.717) is 0 Å². The van der Waals surface area contributed by atoms with Crippen LogP contribution in [0.5, 0.6) is 0 Å². The molecule has 21 heavy (non-hydrogen) atoms. The number of rotatable bonds is 7. The molecule has 2 N–H and O–H groups in total. The number of hydrogen-bond donors (Lipinski definition) is 2. The first kappa shape index (κ1) is 15.3. The molecule has 2 aromatic carbocycles. The van der Waals surface area contributed by atoms with Gasteiger partial charge in [0.15, 0.2) is 0 Å². The molecule has 0 aliphatic rings. The van der Waals surface area contributed by atoms with Crippen molar-refractivity contribution in [1.29, 1.82) is 0 Å². The van der Waals surface area contributed by atoms with Crippen molar-refractivity contribution in [2.24, 2.45) is 0 Å². The van der Waals surface area contributed by atoms with E-state index >= 15 is 0 Å². The van der Waals surface area contributed by atoms with Crippen molar-refractivity contribution < 1.29 is 0 Å². The smallest absolute Gasteiger partial charge is 0.0411 e. The summed E-state index contributed by atoms with van der Waals surface area (Å²) in [5.74, 6) is 0. The summed E-state index contributed by atoms with van der Waals surface area (Å²) in [6.07, 6.45) is 3.93. The highest BCUT2D eigenvalue weighted by molar-refractivity contribution is 5.66. The monoisotopic (exact) mass is 280 g/mol. The minimum Gasteiger partial charge on any atom is -0.388 e. The van der Waals surface area contributed by atoms with Crippen LogP contribution in [0.15, 0.2) is 49.0 Å². The molecule has 0 aliphatic heterocycles. The Kier molecular flexibility index (Phi) is 5.59. The van der Waals surface area contributed by atoms with Crippen molar-refractivity contribution in [1.82, 2.24) is 5.32 Å². The second kappa shape index (κ2) is 7.65. The van der Waals surface area contributed by atoms with Crippen LogP contribution in [0.4, 0.5) is 5.69 Å². The summed E-state index contributed by atoms with van der Waals surface area (Å²) in [5.41, 5.74) is 6.42. The normalized spacial score (nSPS) is 10.4. The number of anilines is 1. The minimum absolute atomic E-state index is 0.963. The lowest BCUT2D eigenvalue weighted by atomic mass is 9.96. The fourth-order valence-electron chi connectivity index (χ4n) is 2.57. The molecule has 0 unspecified atom stereocenters. The molecule has 2 heteroatoms. The van der Waals surface area contributed by atoms with Gasteiger partial charge in [0.25, 0.3) is 0 Å². The predicted molar refractivity (Wildman–Crippen MR) is 93.0 cm³/mol. The van der Waals surface area contributed by atoms with Gasteiger partial charge in [-0.2, -0.15) is 0 Å². The maximum atomic E-state index is 3.90. The number of hydrogen-bond acceptors (Lipinski definition) is 2. The average Bonchev–Trinajstić information content (AvgIpc) is 2.54. The number of benzene rings is 2. The third kappa shape index (κ3) is 3.96. The summed E-state index contributed by atoms with van der Waals surface area (Å²) in [6, 6.07) is 15.2. The molecule has 0 amide bonds. The van der Waals surface area contributed by atoms with Gasteiger partial charge in [-0.1, -0.05) is 43.0 Å². The second-order valence-electron chi connectivity index (χ2n) is 5.17. The molecular formula is C19H24N2. The molecule has 0 aliphatic carbocycles. The Morgan fingerprint density at radius 1 is 1.05 bits per heavy atom. The molecule has 2 nitrogen and oxygen atoms in total. The molecule has 0 radical (unpaired) electrons. The Bertz CT molecular complexity index is 602. The molecule has 110 valence electrons. The molecule has 0 atom stereocenters. The van der Waals surface area contributed by atoms with Crippen LogP contribution in [0.3, 0.4) is 0 Å². The lowest BCUT2D eigenvalue weighted by Crippen LogP contribution is -2.11. The lowest BCUT2D eigenvalue weighted by molar-refractivity contribution is 0.786. The van der Waals surface area contributed by atoms with Gasteiger partial charge < -0.3 is 10.6 Å². The Balaban J connectivity index is 2.23. The molecule has 2 aromatic rings. The van der Waals surface area contributed by atoms with Crippen LogP contribution >= 0.6 is 0 Å². The quantitative estimate of drug-likeness (QED) is 0.807. The van der Waals surface area contributed by atoms with Crippen molar-refractivity contribution in [3.8, 4) is 0 Å². The van der Waals surface area contributed by atoms with Gasteiger partial charge in [-0.15, -0.1) is 0 Å². The Morgan fingerprint density at radius 3 is 2.48 bits per heavy atom. The van der Waals surface area contributed by atoms with Crippen LogP contribution in [-0.4, -0.2) is 20.6 Å². The topological polar surface area (TPSA) is 24.1 Å². The molecule has 0 saturated heterocycles. The summed E-state index contributed by atoms with van der Waals surface area (Å²) in [5, 5.41) is 6.42. The largest absolute Gasteiger partial charge is 0.388 e. The van der Waals surface area contributed by atoms with E-state index in [1.54, 1.807) is 0 Å². The summed E-state index contributed by atoms with van der Waals surface area (Å²) >= 11 is 0. The third-order valence-electron chi connectivity index (χ3n) is 3.76. The van der Waals surface area contributed by atoms with Gasteiger partial charge in [0, 0.05) is 12.7 Å². The lowest BCUT2D eigenvalue weighted by Gasteiger charge is -2.12. The zero-order valence-corrected chi connectivity index (χ0v) is 12.9. The maximum Gasteiger partial charge on any atom is 0.0411 e. The highest BCUT2D eigenvalue weighted by Gasteiger charge is 2.05. The standard InChI is InChI=1S/C19H24N2/c1-4-16-13-15(9-10-19(16)21-3)14-18-8-6-5-7-17(18)11-12-20-2/h4-10,13,20-21H,1,11-12,14H2,2-3H3. The second-order valence-corrected chi connectivity index (χ2v) is 5.17. The van der Waals surface area contributed by atoms with Gasteiger partial charge in [-0.25, -0.2) is 0 Å². The molecule has 0 aromatic heterocycles. The zero-order chi connectivity index (χ0) is 15.1. The van der Waals surface area contributed by atoms with Crippen molar-refractivity contribution >= 4 is 11.8 Å². The Labute approximate surface area is 127 Å². The van der Waals surface area contributed by atoms with Crippen LogP contribution in [0.2, 0.25) is 0 Å². The summed E-state index contributed by atoms with van der Waals surface area (Å²) < 4.78 is 0. The van der Waals surface area contributed by atoms with Gasteiger partial charge in [0.05, 0.1) is 0 Å². The van der Waals surface area contributed by atoms with E-state index in [0.717, 1.165) is 30.6 Å². The van der Waals surface area contributed by atoms with E-state index < -0.39 is 0 Å². The van der Waals surface area contributed by atoms with Crippen molar-refractivity contribution in [2.75, 3.05) is 26.0 Å². The summed E-state index contributed by atoms with van der Waals surface area (Å²) in [7, 11) is 3.94. The van der Waals surface area contributed by atoms with E-state index in [9.17, 15) is 0 Å². The minimum atomic E-state index is 0.963. The Hall–Kier alpha value is -2.06. The van der Waals surface area contributed by atoms with E-state index in [1.807, 2.05) is 20.2 Å². The maximum absolute atomic E-state index is 3.90. The molecule has 0 spiro atoms. The number of likely N-dealkylation sites (N-methyl/N-ethyl adjacent to an activating group) is 1. The van der Waals surface area contributed by atoms with Gasteiger partial charge in [0.1, 0.15) is 0 Å². The highest BCUT2D eigenvalue weighted by Crippen LogP contribution is 2.21. The van der Waals surface area contributed by atoms with Crippen molar-refractivity contribution in [3.05, 3.63) is 71.3 Å². The third-order valence-corrected chi connectivity index (χ3v) is 3.76.